The topological polar surface area (TPSA) is 32.3 Å². The second-order valence-electron chi connectivity index (χ2n) is 3.47. The fourth-order valence-electron chi connectivity index (χ4n) is 0.844. The first kappa shape index (κ1) is 13.7. The molecule has 1 aromatic rings. The number of carbonyl (C=O) groups excluding carboxylic acids is 1. The molecule has 0 bridgehead atoms. The van der Waals surface area contributed by atoms with Crippen molar-refractivity contribution in [1.29, 1.82) is 0 Å². The second kappa shape index (κ2) is 8.00. The van der Waals surface area contributed by atoms with Crippen LogP contribution in [0.25, 0.3) is 0 Å². The molecule has 1 aromatic carbocycles. The van der Waals surface area contributed by atoms with Gasteiger partial charge in [0.2, 0.25) is 5.91 Å². The van der Waals surface area contributed by atoms with E-state index in [1.54, 1.807) is 26.0 Å². The van der Waals surface area contributed by atoms with Gasteiger partial charge in [0.15, 0.2) is 0 Å². The van der Waals surface area contributed by atoms with Gasteiger partial charge in [-0.3, -0.25) is 4.79 Å². The minimum atomic E-state index is 0.104. The number of aryl methyl sites for hydroxylation is 1. The lowest BCUT2D eigenvalue weighted by Gasteiger charge is -2.07. The number of amides is 1. The predicted octanol–water partition coefficient (Wildman–Crippen LogP) is 1.29. The predicted molar refractivity (Wildman–Crippen MR) is 63.8 cm³/mol. The number of carbonyl (C=O) groups is 1. The summed E-state index contributed by atoms with van der Waals surface area (Å²) in [6.07, 6.45) is 0. The largest absolute Gasteiger partial charge is 0.348 e. The molecule has 15 heavy (non-hydrogen) atoms. The zero-order valence-corrected chi connectivity index (χ0v) is 9.95. The van der Waals surface area contributed by atoms with E-state index in [-0.39, 0.29) is 5.91 Å². The van der Waals surface area contributed by atoms with E-state index in [1.165, 1.54) is 5.56 Å². The molecular weight excluding hydrogens is 188 g/mol. The summed E-state index contributed by atoms with van der Waals surface area (Å²) >= 11 is 0. The molecule has 0 fully saturated rings. The van der Waals surface area contributed by atoms with E-state index in [1.807, 2.05) is 18.2 Å². The van der Waals surface area contributed by atoms with E-state index in [0.29, 0.717) is 6.54 Å². The average molecular weight is 208 g/mol. The van der Waals surface area contributed by atoms with Crippen LogP contribution in [0, 0.1) is 6.92 Å². The van der Waals surface area contributed by atoms with Gasteiger partial charge >= 0.3 is 0 Å². The Labute approximate surface area is 92.1 Å². The molecule has 0 spiro atoms. The first-order valence-corrected chi connectivity index (χ1v) is 4.94. The summed E-state index contributed by atoms with van der Waals surface area (Å²) in [5, 5.41) is 2.76. The number of likely N-dealkylation sites (N-methyl/N-ethyl adjacent to an activating group) is 2. The third-order valence-corrected chi connectivity index (χ3v) is 1.77. The highest BCUT2D eigenvalue weighted by Gasteiger charge is 1.98. The summed E-state index contributed by atoms with van der Waals surface area (Å²) < 4.78 is 0. The molecule has 0 aromatic heterocycles. The lowest BCUT2D eigenvalue weighted by Crippen LogP contribution is -2.30. The number of hydrogen-bond acceptors (Lipinski definition) is 2. The van der Waals surface area contributed by atoms with Crippen molar-refractivity contribution in [3.05, 3.63) is 35.9 Å². The van der Waals surface area contributed by atoms with Crippen LogP contribution in [0.4, 0.5) is 0 Å². The third kappa shape index (κ3) is 7.70. The summed E-state index contributed by atoms with van der Waals surface area (Å²) in [4.78, 5) is 12.2. The molecule has 3 nitrogen and oxygen atoms in total. The molecule has 0 saturated carbocycles. The van der Waals surface area contributed by atoms with Gasteiger partial charge < -0.3 is 10.2 Å². The SMILES string of the molecule is CNCC(=O)N(C)C.Cc1ccccc1. The molecule has 0 atom stereocenters. The molecule has 0 saturated heterocycles. The second-order valence-corrected chi connectivity index (χ2v) is 3.47. The van der Waals surface area contributed by atoms with Gasteiger partial charge in [0.25, 0.3) is 0 Å². The van der Waals surface area contributed by atoms with Crippen LogP contribution in [-0.2, 0) is 4.79 Å². The van der Waals surface area contributed by atoms with Crippen molar-refractivity contribution in [2.45, 2.75) is 6.92 Å². The highest BCUT2D eigenvalue weighted by Crippen LogP contribution is 1.92. The van der Waals surface area contributed by atoms with Gasteiger partial charge in [0.1, 0.15) is 0 Å². The molecule has 1 amide bonds. The average Bonchev–Trinajstić information content (AvgIpc) is 2.20. The molecule has 3 heteroatoms. The van der Waals surface area contributed by atoms with Crippen molar-refractivity contribution in [2.75, 3.05) is 27.7 Å². The van der Waals surface area contributed by atoms with Crippen LogP contribution in [0.2, 0.25) is 0 Å². The molecule has 0 heterocycles. The van der Waals surface area contributed by atoms with Crippen LogP contribution in [0.3, 0.4) is 0 Å². The Balaban J connectivity index is 0.000000262. The summed E-state index contributed by atoms with van der Waals surface area (Å²) in [7, 11) is 5.22. The Morgan fingerprint density at radius 3 is 2.00 bits per heavy atom. The Bertz CT molecular complexity index is 270. The van der Waals surface area contributed by atoms with Crippen LogP contribution in [-0.4, -0.2) is 38.5 Å². The highest BCUT2D eigenvalue weighted by atomic mass is 16.2. The Morgan fingerprint density at radius 2 is 1.80 bits per heavy atom. The van der Waals surface area contributed by atoms with Crippen molar-refractivity contribution >= 4 is 5.91 Å². The molecule has 84 valence electrons. The van der Waals surface area contributed by atoms with E-state index in [0.717, 1.165) is 0 Å². The van der Waals surface area contributed by atoms with Gasteiger partial charge in [-0.15, -0.1) is 0 Å². The number of benzene rings is 1. The summed E-state index contributed by atoms with van der Waals surface area (Å²) in [6, 6.07) is 10.3. The third-order valence-electron chi connectivity index (χ3n) is 1.77. The van der Waals surface area contributed by atoms with Gasteiger partial charge in [-0.2, -0.15) is 0 Å². The summed E-state index contributed by atoms with van der Waals surface area (Å²) in [5.41, 5.74) is 1.32. The smallest absolute Gasteiger partial charge is 0.235 e. The Kier molecular flexibility index (Phi) is 7.28. The van der Waals surface area contributed by atoms with E-state index >= 15 is 0 Å². The van der Waals surface area contributed by atoms with Gasteiger partial charge in [-0.25, -0.2) is 0 Å². The van der Waals surface area contributed by atoms with Crippen LogP contribution >= 0.6 is 0 Å². The normalized spacial score (nSPS) is 8.80. The van der Waals surface area contributed by atoms with Crippen LogP contribution in [0.1, 0.15) is 5.56 Å². The maximum Gasteiger partial charge on any atom is 0.235 e. The highest BCUT2D eigenvalue weighted by molar-refractivity contribution is 5.77. The monoisotopic (exact) mass is 208 g/mol. The lowest BCUT2D eigenvalue weighted by molar-refractivity contribution is -0.127. The Hall–Kier alpha value is -1.35. The van der Waals surface area contributed by atoms with Crippen LogP contribution < -0.4 is 5.32 Å². The van der Waals surface area contributed by atoms with Crippen molar-refractivity contribution in [3.8, 4) is 0 Å². The molecule has 0 unspecified atom stereocenters. The zero-order chi connectivity index (χ0) is 11.7. The number of hydrogen-bond donors (Lipinski definition) is 1. The minimum Gasteiger partial charge on any atom is -0.348 e. The van der Waals surface area contributed by atoms with E-state index in [9.17, 15) is 4.79 Å². The molecule has 0 aliphatic rings. The van der Waals surface area contributed by atoms with Gasteiger partial charge in [0.05, 0.1) is 6.54 Å². The van der Waals surface area contributed by atoms with Crippen molar-refractivity contribution in [2.24, 2.45) is 0 Å². The molecule has 1 rings (SSSR count). The van der Waals surface area contributed by atoms with E-state index in [4.69, 9.17) is 0 Å². The fraction of sp³-hybridized carbons (Fsp3) is 0.417. The van der Waals surface area contributed by atoms with Crippen molar-refractivity contribution in [3.63, 3.8) is 0 Å². The zero-order valence-electron chi connectivity index (χ0n) is 9.95. The number of rotatable bonds is 2. The quantitative estimate of drug-likeness (QED) is 0.794. The number of nitrogens with one attached hydrogen (secondary N) is 1. The number of nitrogens with zero attached hydrogens (tertiary/aromatic N) is 1. The standard InChI is InChI=1S/C7H8.C5H12N2O/c1-7-5-3-2-4-6-7;1-6-4-5(8)7(2)3/h2-6H,1H3;6H,4H2,1-3H3. The van der Waals surface area contributed by atoms with Gasteiger partial charge in [-0.05, 0) is 14.0 Å². The molecule has 1 N–H and O–H groups in total. The maximum absolute atomic E-state index is 10.6. The van der Waals surface area contributed by atoms with E-state index in [2.05, 4.69) is 24.4 Å². The van der Waals surface area contributed by atoms with E-state index < -0.39 is 0 Å². The lowest BCUT2D eigenvalue weighted by atomic mass is 10.2. The molecule has 0 aliphatic heterocycles. The van der Waals surface area contributed by atoms with Crippen molar-refractivity contribution in [1.82, 2.24) is 10.2 Å². The summed E-state index contributed by atoms with van der Waals surface area (Å²) in [6.45, 7) is 2.51. The van der Waals surface area contributed by atoms with Crippen LogP contribution in [0.15, 0.2) is 30.3 Å². The Morgan fingerprint density at radius 1 is 1.27 bits per heavy atom. The maximum atomic E-state index is 10.6. The van der Waals surface area contributed by atoms with Gasteiger partial charge in [0, 0.05) is 14.1 Å². The minimum absolute atomic E-state index is 0.104. The van der Waals surface area contributed by atoms with Crippen LogP contribution in [0.5, 0.6) is 0 Å². The fourth-order valence-corrected chi connectivity index (χ4v) is 0.844. The van der Waals surface area contributed by atoms with Gasteiger partial charge in [-0.1, -0.05) is 35.9 Å². The first-order chi connectivity index (χ1) is 7.07. The summed E-state index contributed by atoms with van der Waals surface area (Å²) in [5.74, 6) is 0.104. The molecule has 0 radical (unpaired) electrons. The molecular formula is C12H20N2O. The van der Waals surface area contributed by atoms with Crippen molar-refractivity contribution < 1.29 is 4.79 Å². The molecule has 0 aliphatic carbocycles. The first-order valence-electron chi connectivity index (χ1n) is 4.94.